The van der Waals surface area contributed by atoms with Crippen LogP contribution in [-0.2, 0) is 30.9 Å². The van der Waals surface area contributed by atoms with Gasteiger partial charge in [0.2, 0.25) is 10.0 Å². The second-order valence-electron chi connectivity index (χ2n) is 6.73. The van der Waals surface area contributed by atoms with Gasteiger partial charge in [-0.05, 0) is 26.3 Å². The highest BCUT2D eigenvalue weighted by atomic mass is 32.2. The van der Waals surface area contributed by atoms with Crippen LogP contribution in [0.15, 0.2) is 30.3 Å². The Morgan fingerprint density at radius 2 is 1.73 bits per heavy atom. The summed E-state index contributed by atoms with van der Waals surface area (Å²) in [4.78, 5) is 25.2. The molecule has 1 rings (SSSR count). The molecule has 0 heterocycles. The van der Waals surface area contributed by atoms with Gasteiger partial charge in [-0.25, -0.2) is 18.4 Å². The number of hydrogen-bond donors (Lipinski definition) is 1. The lowest BCUT2D eigenvalue weighted by Crippen LogP contribution is -2.41. The first-order valence-electron chi connectivity index (χ1n) is 8.14. The predicted octanol–water partition coefficient (Wildman–Crippen LogP) is 1.65. The second-order valence-corrected chi connectivity index (χ2v) is 8.46. The Bertz CT molecular complexity index is 698. The number of benzene rings is 1. The average Bonchev–Trinajstić information content (AvgIpc) is 2.51. The number of nitrogens with two attached hydrogens (primary N) is 1. The van der Waals surface area contributed by atoms with Crippen LogP contribution in [0.2, 0.25) is 0 Å². The Hall–Kier alpha value is -2.13. The van der Waals surface area contributed by atoms with E-state index in [1.807, 2.05) is 30.3 Å². The lowest BCUT2D eigenvalue weighted by Gasteiger charge is -2.27. The van der Waals surface area contributed by atoms with E-state index in [1.165, 1.54) is 0 Å². The number of ether oxygens (including phenoxy) is 2. The van der Waals surface area contributed by atoms with Crippen molar-refractivity contribution in [3.05, 3.63) is 35.9 Å². The molecule has 0 saturated carbocycles. The number of carbonyl (C=O) groups is 2. The monoisotopic (exact) mass is 386 g/mol. The Labute approximate surface area is 154 Å². The molecule has 2 N–H and O–H groups in total. The van der Waals surface area contributed by atoms with Gasteiger partial charge >= 0.3 is 12.1 Å². The first kappa shape index (κ1) is 21.9. The smallest absolute Gasteiger partial charge is 0.410 e. The van der Waals surface area contributed by atoms with Crippen molar-refractivity contribution in [1.82, 2.24) is 4.90 Å². The molecule has 0 aliphatic heterocycles. The normalized spacial score (nSPS) is 11.7. The van der Waals surface area contributed by atoms with Crippen LogP contribution in [0.5, 0.6) is 0 Å². The lowest BCUT2D eigenvalue weighted by molar-refractivity contribution is -0.145. The Balaban J connectivity index is 2.57. The molecule has 9 heteroatoms. The number of hydrogen-bond acceptors (Lipinski definition) is 6. The molecule has 0 aliphatic rings. The molecule has 0 unspecified atom stereocenters. The van der Waals surface area contributed by atoms with Crippen molar-refractivity contribution in [3.8, 4) is 0 Å². The zero-order valence-corrected chi connectivity index (χ0v) is 16.1. The molecular formula is C17H26N2O6S. The summed E-state index contributed by atoms with van der Waals surface area (Å²) in [6.07, 6.45) is -0.798. The third kappa shape index (κ3) is 10.00. The summed E-state index contributed by atoms with van der Waals surface area (Å²) in [5.74, 6) is -0.927. The SMILES string of the molecule is CC(C)(C)OC(=O)N(CCC(=O)OCc1ccccc1)CCS(N)(=O)=O. The summed E-state index contributed by atoms with van der Waals surface area (Å²) < 4.78 is 32.7. The molecule has 0 saturated heterocycles. The van der Waals surface area contributed by atoms with Crippen molar-refractivity contribution < 1.29 is 27.5 Å². The summed E-state index contributed by atoms with van der Waals surface area (Å²) in [5, 5.41) is 4.98. The summed E-state index contributed by atoms with van der Waals surface area (Å²) in [6, 6.07) is 9.18. The zero-order valence-electron chi connectivity index (χ0n) is 15.3. The standard InChI is InChI=1S/C17H26N2O6S/c1-17(2,3)25-16(21)19(11-12-26(18,22)23)10-9-15(20)24-13-14-7-5-4-6-8-14/h4-8H,9-13H2,1-3H3,(H2,18,22,23). The van der Waals surface area contributed by atoms with Crippen molar-refractivity contribution in [2.24, 2.45) is 5.14 Å². The minimum atomic E-state index is -3.75. The fourth-order valence-corrected chi connectivity index (χ4v) is 2.37. The molecule has 8 nitrogen and oxygen atoms in total. The van der Waals surface area contributed by atoms with Gasteiger partial charge in [0.05, 0.1) is 12.2 Å². The molecule has 0 spiro atoms. The maximum absolute atomic E-state index is 12.2. The van der Waals surface area contributed by atoms with Crippen molar-refractivity contribution in [2.45, 2.75) is 39.4 Å². The highest BCUT2D eigenvalue weighted by Crippen LogP contribution is 2.11. The summed E-state index contributed by atoms with van der Waals surface area (Å²) in [6.45, 7) is 5.01. The van der Waals surface area contributed by atoms with Crippen LogP contribution in [0, 0.1) is 0 Å². The maximum Gasteiger partial charge on any atom is 0.410 e. The fraction of sp³-hybridized carbons (Fsp3) is 0.529. The first-order chi connectivity index (χ1) is 12.0. The van der Waals surface area contributed by atoms with Gasteiger partial charge in [-0.15, -0.1) is 0 Å². The van der Waals surface area contributed by atoms with E-state index in [2.05, 4.69) is 0 Å². The van der Waals surface area contributed by atoms with Gasteiger partial charge in [0.1, 0.15) is 12.2 Å². The van der Waals surface area contributed by atoms with E-state index < -0.39 is 33.4 Å². The minimum Gasteiger partial charge on any atom is -0.461 e. The molecular weight excluding hydrogens is 360 g/mol. The van der Waals surface area contributed by atoms with E-state index in [1.54, 1.807) is 20.8 Å². The molecule has 0 aliphatic carbocycles. The van der Waals surface area contributed by atoms with Crippen molar-refractivity contribution >= 4 is 22.1 Å². The van der Waals surface area contributed by atoms with E-state index in [4.69, 9.17) is 14.6 Å². The van der Waals surface area contributed by atoms with E-state index in [0.29, 0.717) is 0 Å². The Kier molecular flexibility index (Phi) is 8.04. The zero-order chi connectivity index (χ0) is 19.8. The van der Waals surface area contributed by atoms with Crippen LogP contribution in [-0.4, -0.2) is 49.8 Å². The van der Waals surface area contributed by atoms with Crippen LogP contribution < -0.4 is 5.14 Å². The van der Waals surface area contributed by atoms with E-state index in [9.17, 15) is 18.0 Å². The Morgan fingerprint density at radius 1 is 1.12 bits per heavy atom. The van der Waals surface area contributed by atoms with Crippen LogP contribution in [0.25, 0.3) is 0 Å². The van der Waals surface area contributed by atoms with Crippen LogP contribution in [0.4, 0.5) is 4.79 Å². The van der Waals surface area contributed by atoms with Gasteiger partial charge in [0.25, 0.3) is 0 Å². The van der Waals surface area contributed by atoms with E-state index in [0.717, 1.165) is 10.5 Å². The van der Waals surface area contributed by atoms with Crippen LogP contribution in [0.1, 0.15) is 32.8 Å². The fourth-order valence-electron chi connectivity index (χ4n) is 1.89. The molecule has 1 aromatic rings. The molecule has 1 amide bonds. The molecule has 26 heavy (non-hydrogen) atoms. The van der Waals surface area contributed by atoms with Crippen LogP contribution in [0.3, 0.4) is 0 Å². The second kappa shape index (κ2) is 9.54. The third-order valence-corrected chi connectivity index (χ3v) is 3.88. The number of esters is 1. The number of sulfonamides is 1. The topological polar surface area (TPSA) is 116 Å². The lowest BCUT2D eigenvalue weighted by atomic mass is 10.2. The molecule has 146 valence electrons. The van der Waals surface area contributed by atoms with Gasteiger partial charge in [0, 0.05) is 13.1 Å². The molecule has 0 radical (unpaired) electrons. The number of nitrogens with zero attached hydrogens (tertiary/aromatic N) is 1. The number of amides is 1. The summed E-state index contributed by atoms with van der Waals surface area (Å²) in [5.41, 5.74) is 0.101. The molecule has 0 atom stereocenters. The van der Waals surface area contributed by atoms with Gasteiger partial charge < -0.3 is 14.4 Å². The molecule has 0 bridgehead atoms. The highest BCUT2D eigenvalue weighted by molar-refractivity contribution is 7.89. The third-order valence-electron chi connectivity index (χ3n) is 3.13. The van der Waals surface area contributed by atoms with E-state index in [-0.39, 0.29) is 26.1 Å². The molecule has 0 fully saturated rings. The van der Waals surface area contributed by atoms with Gasteiger partial charge in [-0.2, -0.15) is 0 Å². The van der Waals surface area contributed by atoms with Gasteiger partial charge in [0.15, 0.2) is 0 Å². The quantitative estimate of drug-likeness (QED) is 0.679. The first-order valence-corrected chi connectivity index (χ1v) is 9.86. The number of primary sulfonamides is 1. The summed E-state index contributed by atoms with van der Waals surface area (Å²) >= 11 is 0. The van der Waals surface area contributed by atoms with E-state index >= 15 is 0 Å². The molecule has 1 aromatic carbocycles. The molecule has 0 aromatic heterocycles. The largest absolute Gasteiger partial charge is 0.461 e. The summed E-state index contributed by atoms with van der Waals surface area (Å²) in [7, 11) is -3.75. The van der Waals surface area contributed by atoms with Gasteiger partial charge in [-0.3, -0.25) is 4.79 Å². The van der Waals surface area contributed by atoms with Crippen molar-refractivity contribution in [2.75, 3.05) is 18.8 Å². The number of carbonyl (C=O) groups excluding carboxylic acids is 2. The van der Waals surface area contributed by atoms with Crippen LogP contribution >= 0.6 is 0 Å². The maximum atomic E-state index is 12.2. The minimum absolute atomic E-state index is 0.0297. The van der Waals surface area contributed by atoms with Crippen molar-refractivity contribution in [3.63, 3.8) is 0 Å². The number of rotatable bonds is 8. The van der Waals surface area contributed by atoms with Crippen molar-refractivity contribution in [1.29, 1.82) is 0 Å². The Morgan fingerprint density at radius 3 is 2.27 bits per heavy atom. The highest BCUT2D eigenvalue weighted by Gasteiger charge is 2.23. The van der Waals surface area contributed by atoms with Gasteiger partial charge in [-0.1, -0.05) is 30.3 Å². The predicted molar refractivity (Wildman–Crippen MR) is 96.6 cm³/mol. The average molecular weight is 386 g/mol.